The van der Waals surface area contributed by atoms with Gasteiger partial charge < -0.3 is 5.41 Å². The van der Waals surface area contributed by atoms with Gasteiger partial charge in [-0.25, -0.2) is 11.6 Å². The Kier molecular flexibility index (Phi) is 42.7. The maximum absolute atomic E-state index is 6.49. The maximum atomic E-state index is 6.49. The number of hydrogen-bond acceptors (Lipinski definition) is 1. The summed E-state index contributed by atoms with van der Waals surface area (Å²) in [6.45, 7) is 3.73. The smallest absolute Gasteiger partial charge is 0 e. The van der Waals surface area contributed by atoms with Crippen LogP contribution in [0.5, 0.6) is 0 Å². The summed E-state index contributed by atoms with van der Waals surface area (Å²) in [6.07, 6.45) is 4.07. The van der Waals surface area contributed by atoms with Crippen LogP contribution < -0.4 is 0 Å². The topological polar surface area (TPSA) is 23.9 Å². The van der Waals surface area contributed by atoms with Crippen molar-refractivity contribution in [3.8, 4) is 0 Å². The van der Waals surface area contributed by atoms with E-state index in [1.54, 1.807) is 0 Å². The summed E-state index contributed by atoms with van der Waals surface area (Å²) < 4.78 is 0. The number of allylic oxidation sites excluding steroid dienone is 2. The third-order valence-corrected chi connectivity index (χ3v) is 0.630. The van der Waals surface area contributed by atoms with Crippen LogP contribution in [0.2, 0.25) is 0 Å². The van der Waals surface area contributed by atoms with Crippen LogP contribution in [-0.4, -0.2) is 6.21 Å². The molecule has 0 saturated carbocycles. The molecule has 0 atom stereocenters. The Morgan fingerprint density at radius 3 is 1.67 bits per heavy atom. The third-order valence-electron chi connectivity index (χ3n) is 0.630. The van der Waals surface area contributed by atoms with E-state index in [1.165, 1.54) is 0 Å². The van der Waals surface area contributed by atoms with E-state index in [0.717, 1.165) is 5.57 Å². The number of rotatable bonds is 1. The Hall–Kier alpha value is 2.72. The first kappa shape index (κ1) is 22.6. The van der Waals surface area contributed by atoms with Crippen molar-refractivity contribution in [2.45, 2.75) is 13.8 Å². The minimum Gasteiger partial charge on any atom is -0.412 e. The molecule has 0 saturated heterocycles. The summed E-state index contributed by atoms with van der Waals surface area (Å²) >= 11 is 0. The molecule has 0 aromatic carbocycles. The summed E-state index contributed by atoms with van der Waals surface area (Å²) in [5.41, 5.74) is 0.884. The van der Waals surface area contributed by atoms with E-state index in [-0.39, 0.29) is 98.1 Å². The van der Waals surface area contributed by atoms with E-state index < -0.39 is 0 Å². The molecule has 0 aromatic heterocycles. The summed E-state index contributed by atoms with van der Waals surface area (Å²) in [6, 6.07) is 0. The van der Waals surface area contributed by atoms with Crippen LogP contribution in [0.3, 0.4) is 0 Å². The van der Waals surface area contributed by atoms with Gasteiger partial charge in [0.15, 0.2) is 0 Å². The van der Waals surface area contributed by atoms with Crippen LogP contribution >= 0.6 is 0 Å². The molecule has 1 N–H and O–H groups in total. The van der Waals surface area contributed by atoms with Crippen LogP contribution in [0.1, 0.15) is 13.8 Å². The molecule has 0 bridgehead atoms. The Morgan fingerprint density at radius 2 is 1.67 bits per heavy atom. The Labute approximate surface area is 132 Å². The summed E-state index contributed by atoms with van der Waals surface area (Å²) in [5.74, 6) is 0. The molecule has 0 rings (SSSR count). The summed E-state index contributed by atoms with van der Waals surface area (Å²) in [4.78, 5) is 0. The van der Waals surface area contributed by atoms with Gasteiger partial charge in [-0.05, 0) is 0 Å². The second kappa shape index (κ2) is 17.0. The standard InChI is InChI=1S/C5H8N.3Y/c1-3-5(2)4-6;;;/h3,6H,1-2H3;;;/q-1;;;/b5-3+;;;. The van der Waals surface area contributed by atoms with Crippen LogP contribution in [0.15, 0.2) is 11.6 Å². The van der Waals surface area contributed by atoms with Crippen molar-refractivity contribution in [3.63, 3.8) is 0 Å². The quantitative estimate of drug-likeness (QED) is 0.548. The van der Waals surface area contributed by atoms with Gasteiger partial charge in [0.1, 0.15) is 0 Å². The fourth-order valence-electron chi connectivity index (χ4n) is 0.0722. The normalized spacial score (nSPS) is 7.56. The van der Waals surface area contributed by atoms with Gasteiger partial charge in [0.2, 0.25) is 0 Å². The first-order chi connectivity index (χ1) is 2.81. The van der Waals surface area contributed by atoms with Crippen molar-refractivity contribution in [2.24, 2.45) is 0 Å². The second-order valence-electron chi connectivity index (χ2n) is 1.10. The van der Waals surface area contributed by atoms with Gasteiger partial charge >= 0.3 is 0 Å². The summed E-state index contributed by atoms with van der Waals surface area (Å²) in [5, 5.41) is 6.49. The van der Waals surface area contributed by atoms with Gasteiger partial charge in [-0.1, -0.05) is 6.92 Å². The summed E-state index contributed by atoms with van der Waals surface area (Å²) in [7, 11) is 0. The molecule has 0 unspecified atom stereocenters. The molecule has 0 aromatic rings. The molecule has 0 spiro atoms. The van der Waals surface area contributed by atoms with Gasteiger partial charge in [0.25, 0.3) is 0 Å². The zero-order valence-electron chi connectivity index (χ0n) is 5.81. The van der Waals surface area contributed by atoms with E-state index in [1.807, 2.05) is 19.9 Å². The van der Waals surface area contributed by atoms with Gasteiger partial charge in [-0.2, -0.15) is 6.21 Å². The molecular formula is C5H8NY3-. The number of hydrogen-bond donors (Lipinski definition) is 1. The predicted molar refractivity (Wildman–Crippen MR) is 27.2 cm³/mol. The van der Waals surface area contributed by atoms with E-state index in [9.17, 15) is 0 Å². The molecule has 0 heterocycles. The first-order valence-electron chi connectivity index (χ1n) is 1.87. The fraction of sp³-hybridized carbons (Fsp3) is 0.400. The Bertz CT molecular complexity index is 80.3. The maximum Gasteiger partial charge on any atom is 0 e. The molecular weight excluding hydrogens is 341 g/mol. The molecule has 9 heavy (non-hydrogen) atoms. The zero-order chi connectivity index (χ0) is 4.99. The van der Waals surface area contributed by atoms with E-state index in [0.29, 0.717) is 0 Å². The third kappa shape index (κ3) is 18.1. The Balaban J connectivity index is -0.0000000417. The van der Waals surface area contributed by atoms with Crippen LogP contribution in [-0.2, 0) is 98.1 Å². The van der Waals surface area contributed by atoms with Crippen molar-refractivity contribution in [3.05, 3.63) is 11.6 Å². The molecule has 0 fully saturated rings. The Morgan fingerprint density at radius 1 is 1.33 bits per heavy atom. The van der Waals surface area contributed by atoms with Gasteiger partial charge in [0, 0.05) is 98.1 Å². The minimum absolute atomic E-state index is 0. The molecule has 0 aliphatic carbocycles. The largest absolute Gasteiger partial charge is 0.412 e. The van der Waals surface area contributed by atoms with E-state index >= 15 is 0 Å². The van der Waals surface area contributed by atoms with Gasteiger partial charge in [0.05, 0.1) is 0 Å². The van der Waals surface area contributed by atoms with Crippen LogP contribution in [0, 0.1) is 5.41 Å². The monoisotopic (exact) mass is 349 g/mol. The van der Waals surface area contributed by atoms with Crippen LogP contribution in [0.25, 0.3) is 0 Å². The zero-order valence-corrected chi connectivity index (χ0v) is 14.3. The molecule has 4 heteroatoms. The first-order valence-corrected chi connectivity index (χ1v) is 1.87. The van der Waals surface area contributed by atoms with Crippen molar-refractivity contribution < 1.29 is 98.1 Å². The molecule has 3 radical (unpaired) electrons. The van der Waals surface area contributed by atoms with E-state index in [2.05, 4.69) is 6.21 Å². The molecule has 43 valence electrons. The van der Waals surface area contributed by atoms with Crippen molar-refractivity contribution in [1.29, 1.82) is 5.41 Å². The minimum atomic E-state index is 0. The molecule has 1 nitrogen and oxygen atoms in total. The molecule has 0 aliphatic heterocycles. The number of nitrogens with one attached hydrogen (secondary N) is 1. The SMILES string of the molecule is C/C=C(\C)[C-]=N.[Y].[Y].[Y]. The van der Waals surface area contributed by atoms with Crippen molar-refractivity contribution >= 4 is 6.21 Å². The van der Waals surface area contributed by atoms with Crippen molar-refractivity contribution in [2.75, 3.05) is 0 Å². The fourth-order valence-corrected chi connectivity index (χ4v) is 0.0722. The average Bonchev–Trinajstić information content (AvgIpc) is 1.65. The van der Waals surface area contributed by atoms with Crippen LogP contribution in [0.4, 0.5) is 0 Å². The predicted octanol–water partition coefficient (Wildman–Crippen LogP) is 1.47. The van der Waals surface area contributed by atoms with Gasteiger partial charge in [-0.15, -0.1) is 6.92 Å². The van der Waals surface area contributed by atoms with Gasteiger partial charge in [-0.3, -0.25) is 0 Å². The van der Waals surface area contributed by atoms with E-state index in [4.69, 9.17) is 5.41 Å². The van der Waals surface area contributed by atoms with Crippen molar-refractivity contribution in [1.82, 2.24) is 0 Å². The second-order valence-corrected chi connectivity index (χ2v) is 1.10. The molecule has 0 amide bonds. The molecule has 0 aliphatic rings. The average molecular weight is 349 g/mol.